The van der Waals surface area contributed by atoms with Gasteiger partial charge in [0.25, 0.3) is 0 Å². The van der Waals surface area contributed by atoms with Crippen LogP contribution in [0.5, 0.6) is 0 Å². The molecule has 0 N–H and O–H groups in total. The number of carbonyl (C=O) groups excluding carboxylic acids is 1. The number of nitrogens with zero attached hydrogens (tertiary/aromatic N) is 1. The lowest BCUT2D eigenvalue weighted by atomic mass is 9.88. The lowest BCUT2D eigenvalue weighted by Crippen LogP contribution is -2.45. The van der Waals surface area contributed by atoms with Crippen LogP contribution < -0.4 is 0 Å². The Labute approximate surface area is 79.6 Å². The highest BCUT2D eigenvalue weighted by Gasteiger charge is 2.35. The maximum Gasteiger partial charge on any atom is 0.219 e. The minimum atomic E-state index is 0.248. The van der Waals surface area contributed by atoms with Gasteiger partial charge in [-0.05, 0) is 26.2 Å². The molecule has 2 rings (SSSR count). The highest BCUT2D eigenvalue weighted by Crippen LogP contribution is 2.36. The van der Waals surface area contributed by atoms with Gasteiger partial charge in [0.2, 0.25) is 5.91 Å². The summed E-state index contributed by atoms with van der Waals surface area (Å²) in [6.07, 6.45) is 5.83. The van der Waals surface area contributed by atoms with Crippen molar-refractivity contribution in [1.29, 1.82) is 0 Å². The van der Waals surface area contributed by atoms with Crippen LogP contribution >= 0.6 is 0 Å². The minimum absolute atomic E-state index is 0.248. The number of piperidine rings is 1. The Hall–Kier alpha value is -0.790. The second kappa shape index (κ2) is 3.17. The standard InChI is InChI=1S/C11H17NO/c1-8-5-6-11-10(8)4-3-7-12(11)9(2)13/h5,10-11H,3-4,6-7H2,1-2H3. The topological polar surface area (TPSA) is 20.3 Å². The Kier molecular flexibility index (Phi) is 2.14. The number of carbonyl (C=O) groups is 1. The lowest BCUT2D eigenvalue weighted by molar-refractivity contribution is -0.133. The summed E-state index contributed by atoms with van der Waals surface area (Å²) in [5.74, 6) is 0.912. The fraction of sp³-hybridized carbons (Fsp3) is 0.727. The molecule has 2 aliphatic rings. The van der Waals surface area contributed by atoms with Crippen molar-refractivity contribution >= 4 is 5.91 Å². The van der Waals surface area contributed by atoms with Gasteiger partial charge in [0.15, 0.2) is 0 Å². The number of amides is 1. The summed E-state index contributed by atoms with van der Waals surface area (Å²) in [6.45, 7) is 4.86. The van der Waals surface area contributed by atoms with Crippen LogP contribution in [0, 0.1) is 5.92 Å². The molecule has 1 heterocycles. The van der Waals surface area contributed by atoms with Gasteiger partial charge in [-0.15, -0.1) is 0 Å². The Morgan fingerprint density at radius 3 is 3.08 bits per heavy atom. The molecule has 1 saturated heterocycles. The molecule has 0 saturated carbocycles. The van der Waals surface area contributed by atoms with Gasteiger partial charge in [-0.25, -0.2) is 0 Å². The predicted octanol–water partition coefficient (Wildman–Crippen LogP) is 1.96. The monoisotopic (exact) mass is 179 g/mol. The molecule has 1 aliphatic carbocycles. The molecule has 1 amide bonds. The lowest BCUT2D eigenvalue weighted by Gasteiger charge is -2.38. The highest BCUT2D eigenvalue weighted by atomic mass is 16.2. The maximum atomic E-state index is 11.4. The SMILES string of the molecule is CC(=O)N1CCCC2C(C)=CCC21. The van der Waals surface area contributed by atoms with Crippen molar-refractivity contribution in [3.05, 3.63) is 11.6 Å². The number of hydrogen-bond acceptors (Lipinski definition) is 1. The van der Waals surface area contributed by atoms with Crippen molar-refractivity contribution in [2.45, 2.75) is 39.2 Å². The Morgan fingerprint density at radius 2 is 2.38 bits per heavy atom. The minimum Gasteiger partial charge on any atom is -0.339 e. The molecule has 0 aromatic carbocycles. The van der Waals surface area contributed by atoms with Gasteiger partial charge < -0.3 is 4.90 Å². The van der Waals surface area contributed by atoms with E-state index in [4.69, 9.17) is 0 Å². The number of hydrogen-bond donors (Lipinski definition) is 0. The van der Waals surface area contributed by atoms with Crippen molar-refractivity contribution in [2.75, 3.05) is 6.54 Å². The van der Waals surface area contributed by atoms with Crippen molar-refractivity contribution in [2.24, 2.45) is 5.92 Å². The van der Waals surface area contributed by atoms with E-state index in [0.29, 0.717) is 12.0 Å². The third-order valence-electron chi connectivity index (χ3n) is 3.45. The van der Waals surface area contributed by atoms with Gasteiger partial charge in [0.1, 0.15) is 0 Å². The molecule has 2 unspecified atom stereocenters. The van der Waals surface area contributed by atoms with Gasteiger partial charge in [-0.2, -0.15) is 0 Å². The molecule has 0 radical (unpaired) electrons. The van der Waals surface area contributed by atoms with Crippen molar-refractivity contribution in [3.63, 3.8) is 0 Å². The molecular weight excluding hydrogens is 162 g/mol. The summed E-state index contributed by atoms with van der Waals surface area (Å²) in [4.78, 5) is 13.4. The normalized spacial score (nSPS) is 32.8. The average molecular weight is 179 g/mol. The summed E-state index contributed by atoms with van der Waals surface area (Å²) < 4.78 is 0. The molecule has 2 heteroatoms. The van der Waals surface area contributed by atoms with Gasteiger partial charge in [0, 0.05) is 25.4 Å². The summed E-state index contributed by atoms with van der Waals surface area (Å²) in [7, 11) is 0. The molecule has 0 aromatic heterocycles. The van der Waals surface area contributed by atoms with Crippen LogP contribution in [-0.4, -0.2) is 23.4 Å². The molecule has 2 nitrogen and oxygen atoms in total. The first kappa shape index (κ1) is 8.79. The van der Waals surface area contributed by atoms with Gasteiger partial charge in [0.05, 0.1) is 0 Å². The third-order valence-corrected chi connectivity index (χ3v) is 3.45. The Morgan fingerprint density at radius 1 is 1.62 bits per heavy atom. The zero-order chi connectivity index (χ0) is 9.42. The Bertz CT molecular complexity index is 257. The first-order valence-electron chi connectivity index (χ1n) is 5.14. The molecule has 0 bridgehead atoms. The van der Waals surface area contributed by atoms with Gasteiger partial charge in [-0.3, -0.25) is 4.79 Å². The quantitative estimate of drug-likeness (QED) is 0.520. The van der Waals surface area contributed by atoms with Gasteiger partial charge in [-0.1, -0.05) is 11.6 Å². The zero-order valence-electron chi connectivity index (χ0n) is 8.42. The van der Waals surface area contributed by atoms with Crippen LogP contribution in [0.1, 0.15) is 33.1 Å². The van der Waals surface area contributed by atoms with Crippen molar-refractivity contribution < 1.29 is 4.79 Å². The molecule has 1 aliphatic heterocycles. The van der Waals surface area contributed by atoms with E-state index < -0.39 is 0 Å². The largest absolute Gasteiger partial charge is 0.339 e. The first-order valence-corrected chi connectivity index (χ1v) is 5.14. The second-order valence-electron chi connectivity index (χ2n) is 4.21. The van der Waals surface area contributed by atoms with E-state index in [2.05, 4.69) is 17.9 Å². The van der Waals surface area contributed by atoms with E-state index in [0.717, 1.165) is 13.0 Å². The molecule has 72 valence electrons. The molecule has 1 fully saturated rings. The molecule has 0 aromatic rings. The van der Waals surface area contributed by atoms with Crippen LogP contribution in [0.2, 0.25) is 0 Å². The summed E-state index contributed by atoms with van der Waals surface area (Å²) in [5, 5.41) is 0. The fourth-order valence-corrected chi connectivity index (χ4v) is 2.73. The van der Waals surface area contributed by atoms with Crippen LogP contribution in [0.4, 0.5) is 0 Å². The maximum absolute atomic E-state index is 11.4. The second-order valence-corrected chi connectivity index (χ2v) is 4.21. The van der Waals surface area contributed by atoms with E-state index in [9.17, 15) is 4.79 Å². The van der Waals surface area contributed by atoms with E-state index >= 15 is 0 Å². The summed E-state index contributed by atoms with van der Waals surface area (Å²) in [5.41, 5.74) is 1.50. The third kappa shape index (κ3) is 1.38. The van der Waals surface area contributed by atoms with Crippen molar-refractivity contribution in [1.82, 2.24) is 4.90 Å². The summed E-state index contributed by atoms with van der Waals surface area (Å²) in [6, 6.07) is 0.492. The highest BCUT2D eigenvalue weighted by molar-refractivity contribution is 5.74. The van der Waals surface area contributed by atoms with Gasteiger partial charge >= 0.3 is 0 Å². The van der Waals surface area contributed by atoms with E-state index in [1.165, 1.54) is 18.4 Å². The molecule has 0 spiro atoms. The predicted molar refractivity (Wildman–Crippen MR) is 52.3 cm³/mol. The number of rotatable bonds is 0. The van der Waals surface area contributed by atoms with E-state index in [1.807, 2.05) is 0 Å². The molecule has 13 heavy (non-hydrogen) atoms. The number of likely N-dealkylation sites (tertiary alicyclic amines) is 1. The van der Waals surface area contributed by atoms with Crippen LogP contribution in [0.25, 0.3) is 0 Å². The van der Waals surface area contributed by atoms with E-state index in [-0.39, 0.29) is 5.91 Å². The first-order chi connectivity index (χ1) is 6.20. The van der Waals surface area contributed by atoms with Crippen LogP contribution in [-0.2, 0) is 4.79 Å². The average Bonchev–Trinajstić information content (AvgIpc) is 2.48. The smallest absolute Gasteiger partial charge is 0.219 e. The fourth-order valence-electron chi connectivity index (χ4n) is 2.73. The van der Waals surface area contributed by atoms with Crippen LogP contribution in [0.3, 0.4) is 0 Å². The van der Waals surface area contributed by atoms with Crippen molar-refractivity contribution in [3.8, 4) is 0 Å². The number of fused-ring (bicyclic) bond motifs is 1. The summed E-state index contributed by atoms with van der Waals surface area (Å²) >= 11 is 0. The molecule has 2 atom stereocenters. The Balaban J connectivity index is 2.14. The van der Waals surface area contributed by atoms with Crippen LogP contribution in [0.15, 0.2) is 11.6 Å². The molecular formula is C11H17NO. The van der Waals surface area contributed by atoms with E-state index in [1.54, 1.807) is 6.92 Å². The zero-order valence-corrected chi connectivity index (χ0v) is 8.42.